The first-order valence-electron chi connectivity index (χ1n) is 4.66. The van der Waals surface area contributed by atoms with Gasteiger partial charge in [-0.15, -0.1) is 16.4 Å². The van der Waals surface area contributed by atoms with Crippen LogP contribution < -0.4 is 0 Å². The molecule has 0 saturated carbocycles. The molecule has 90 valence electrons. The van der Waals surface area contributed by atoms with Gasteiger partial charge in [-0.2, -0.15) is 0 Å². The summed E-state index contributed by atoms with van der Waals surface area (Å²) in [7, 11) is 0. The van der Waals surface area contributed by atoms with Crippen molar-refractivity contribution in [2.45, 2.75) is 29.9 Å². The number of carboxylic acids is 1. The molecule has 17 heavy (non-hydrogen) atoms. The summed E-state index contributed by atoms with van der Waals surface area (Å²) in [4.78, 5) is 16.1. The maximum atomic E-state index is 10.6. The smallest absolute Gasteiger partial charge is 0.325 e. The quantitative estimate of drug-likeness (QED) is 0.885. The van der Waals surface area contributed by atoms with E-state index in [1.54, 1.807) is 0 Å². The lowest BCUT2D eigenvalue weighted by Crippen LogP contribution is -2.11. The molecule has 2 aromatic rings. The molecule has 7 nitrogen and oxygen atoms in total. The molecular formula is C8H9N5O2S2. The van der Waals surface area contributed by atoms with Crippen LogP contribution in [-0.2, 0) is 11.3 Å². The molecule has 0 spiro atoms. The van der Waals surface area contributed by atoms with E-state index in [0.29, 0.717) is 5.16 Å². The number of thiazole rings is 1. The van der Waals surface area contributed by atoms with E-state index >= 15 is 0 Å². The standard InChI is InChI=1S/C8H9N5O2S2/c1-4-5(2)16-8(9-4)17-7-10-11-12-13(7)3-6(14)15/h3H2,1-2H3,(H,14,15). The summed E-state index contributed by atoms with van der Waals surface area (Å²) < 4.78 is 2.04. The molecule has 0 fully saturated rings. The number of hydrogen-bond acceptors (Lipinski definition) is 7. The van der Waals surface area contributed by atoms with Crippen LogP contribution in [0.1, 0.15) is 10.6 Å². The number of tetrazole rings is 1. The average Bonchev–Trinajstić information content (AvgIpc) is 2.76. The number of aliphatic carboxylic acids is 1. The Balaban J connectivity index is 2.18. The Labute approximate surface area is 105 Å². The second-order valence-corrected chi connectivity index (χ2v) is 5.65. The Morgan fingerprint density at radius 2 is 2.29 bits per heavy atom. The Morgan fingerprint density at radius 3 is 2.88 bits per heavy atom. The summed E-state index contributed by atoms with van der Waals surface area (Å²) in [5.41, 5.74) is 0.967. The third kappa shape index (κ3) is 2.80. The van der Waals surface area contributed by atoms with Gasteiger partial charge in [-0.1, -0.05) is 0 Å². The molecular weight excluding hydrogens is 262 g/mol. The molecule has 0 radical (unpaired) electrons. The van der Waals surface area contributed by atoms with Gasteiger partial charge in [0.25, 0.3) is 0 Å². The molecule has 1 N–H and O–H groups in total. The molecule has 0 atom stereocenters. The van der Waals surface area contributed by atoms with Crippen molar-refractivity contribution >= 4 is 29.1 Å². The Morgan fingerprint density at radius 1 is 1.53 bits per heavy atom. The molecule has 0 saturated heterocycles. The van der Waals surface area contributed by atoms with E-state index < -0.39 is 5.97 Å². The predicted molar refractivity (Wildman–Crippen MR) is 61.2 cm³/mol. The second kappa shape index (κ2) is 4.80. The first kappa shape index (κ1) is 12.0. The van der Waals surface area contributed by atoms with Crippen LogP contribution in [-0.4, -0.2) is 36.3 Å². The summed E-state index contributed by atoms with van der Waals surface area (Å²) in [6.07, 6.45) is 0. The lowest BCUT2D eigenvalue weighted by atomic mass is 10.4. The molecule has 0 unspecified atom stereocenters. The fraction of sp³-hybridized carbons (Fsp3) is 0.375. The highest BCUT2D eigenvalue weighted by Gasteiger charge is 2.13. The van der Waals surface area contributed by atoms with Crippen LogP contribution in [0.5, 0.6) is 0 Å². The third-order valence-electron chi connectivity index (χ3n) is 1.97. The van der Waals surface area contributed by atoms with E-state index in [1.807, 2.05) is 13.8 Å². The normalized spacial score (nSPS) is 10.7. The highest BCUT2D eigenvalue weighted by molar-refractivity contribution is 8.00. The SMILES string of the molecule is Cc1nc(Sc2nnnn2CC(=O)O)sc1C. The van der Waals surface area contributed by atoms with Gasteiger partial charge in [0.15, 0.2) is 4.34 Å². The van der Waals surface area contributed by atoms with Crippen LogP contribution in [0.3, 0.4) is 0 Å². The summed E-state index contributed by atoms with van der Waals surface area (Å²) in [5, 5.41) is 20.0. The number of aryl methyl sites for hydroxylation is 2. The van der Waals surface area contributed by atoms with Gasteiger partial charge in [-0.25, -0.2) is 9.67 Å². The van der Waals surface area contributed by atoms with Crippen molar-refractivity contribution in [3.63, 3.8) is 0 Å². The van der Waals surface area contributed by atoms with Gasteiger partial charge in [-0.3, -0.25) is 4.79 Å². The molecule has 0 aliphatic heterocycles. The molecule has 2 heterocycles. The minimum Gasteiger partial charge on any atom is -0.480 e. The van der Waals surface area contributed by atoms with Crippen LogP contribution in [0.15, 0.2) is 9.50 Å². The van der Waals surface area contributed by atoms with Gasteiger partial charge in [0, 0.05) is 4.88 Å². The minimum absolute atomic E-state index is 0.251. The maximum Gasteiger partial charge on any atom is 0.325 e. The zero-order chi connectivity index (χ0) is 12.4. The van der Waals surface area contributed by atoms with Crippen LogP contribution in [0.4, 0.5) is 0 Å². The maximum absolute atomic E-state index is 10.6. The monoisotopic (exact) mass is 271 g/mol. The van der Waals surface area contributed by atoms with Gasteiger partial charge < -0.3 is 5.11 Å². The van der Waals surface area contributed by atoms with Crippen molar-refractivity contribution in [2.75, 3.05) is 0 Å². The molecule has 0 aliphatic rings. The highest BCUT2D eigenvalue weighted by atomic mass is 32.2. The predicted octanol–water partition coefficient (Wildman–Crippen LogP) is 0.982. The number of rotatable bonds is 4. The molecule has 2 aromatic heterocycles. The van der Waals surface area contributed by atoms with E-state index in [0.717, 1.165) is 14.9 Å². The lowest BCUT2D eigenvalue weighted by molar-refractivity contribution is -0.138. The first-order chi connectivity index (χ1) is 8.06. The molecule has 9 heteroatoms. The van der Waals surface area contributed by atoms with E-state index in [2.05, 4.69) is 20.5 Å². The summed E-state index contributed by atoms with van der Waals surface area (Å²) in [5.74, 6) is -0.981. The largest absolute Gasteiger partial charge is 0.480 e. The van der Waals surface area contributed by atoms with Crippen molar-refractivity contribution in [3.8, 4) is 0 Å². The Bertz CT molecular complexity index is 530. The zero-order valence-corrected chi connectivity index (χ0v) is 10.7. The number of aromatic nitrogens is 5. The van der Waals surface area contributed by atoms with Gasteiger partial charge in [0.1, 0.15) is 6.54 Å². The van der Waals surface area contributed by atoms with Gasteiger partial charge >= 0.3 is 5.97 Å². The summed E-state index contributed by atoms with van der Waals surface area (Å²) >= 11 is 2.80. The topological polar surface area (TPSA) is 93.8 Å². The van der Waals surface area contributed by atoms with E-state index in [4.69, 9.17) is 5.11 Å². The van der Waals surface area contributed by atoms with E-state index in [-0.39, 0.29) is 6.54 Å². The Kier molecular flexibility index (Phi) is 3.38. The van der Waals surface area contributed by atoms with Crippen molar-refractivity contribution in [2.24, 2.45) is 0 Å². The second-order valence-electron chi connectivity index (χ2n) is 3.24. The molecule has 0 aromatic carbocycles. The highest BCUT2D eigenvalue weighted by Crippen LogP contribution is 2.30. The number of carbonyl (C=O) groups is 1. The molecule has 0 aliphatic carbocycles. The first-order valence-corrected chi connectivity index (χ1v) is 6.29. The minimum atomic E-state index is -0.981. The van der Waals surface area contributed by atoms with Crippen molar-refractivity contribution in [3.05, 3.63) is 10.6 Å². The number of carboxylic acid groups (broad SMARTS) is 1. The summed E-state index contributed by atoms with van der Waals surface area (Å²) in [6, 6.07) is 0. The third-order valence-corrected chi connectivity index (χ3v) is 4.08. The van der Waals surface area contributed by atoms with Gasteiger partial charge in [-0.05, 0) is 36.0 Å². The van der Waals surface area contributed by atoms with Crippen LogP contribution in [0, 0.1) is 13.8 Å². The molecule has 2 rings (SSSR count). The van der Waals surface area contributed by atoms with E-state index in [9.17, 15) is 4.79 Å². The number of hydrogen-bond donors (Lipinski definition) is 1. The lowest BCUT2D eigenvalue weighted by Gasteiger charge is -1.97. The zero-order valence-electron chi connectivity index (χ0n) is 9.12. The number of nitrogens with zero attached hydrogens (tertiary/aromatic N) is 5. The van der Waals surface area contributed by atoms with E-state index in [1.165, 1.54) is 27.8 Å². The van der Waals surface area contributed by atoms with Crippen LogP contribution >= 0.6 is 23.1 Å². The average molecular weight is 271 g/mol. The fourth-order valence-corrected chi connectivity index (χ4v) is 3.09. The van der Waals surface area contributed by atoms with Gasteiger partial charge in [0.2, 0.25) is 5.16 Å². The van der Waals surface area contributed by atoms with Crippen molar-refractivity contribution in [1.29, 1.82) is 0 Å². The summed E-state index contributed by atoms with van der Waals surface area (Å²) in [6.45, 7) is 3.66. The molecule has 0 bridgehead atoms. The van der Waals surface area contributed by atoms with Crippen LogP contribution in [0.25, 0.3) is 0 Å². The van der Waals surface area contributed by atoms with Gasteiger partial charge in [0.05, 0.1) is 5.69 Å². The van der Waals surface area contributed by atoms with Crippen molar-refractivity contribution < 1.29 is 9.90 Å². The van der Waals surface area contributed by atoms with Crippen molar-refractivity contribution in [1.82, 2.24) is 25.2 Å². The Hall–Kier alpha value is -1.48. The molecule has 0 amide bonds. The fourth-order valence-electron chi connectivity index (χ4n) is 1.06. The van der Waals surface area contributed by atoms with Crippen LogP contribution in [0.2, 0.25) is 0 Å².